The van der Waals surface area contributed by atoms with E-state index in [0.29, 0.717) is 37.0 Å². The SMILES string of the molecule is C[C@@H]1Cc2c3c(c(Cl)c(O)c2C(=O)O1)O[C@@]1(C)[C@@H](O)C[C@H]2C(C)(C)C(=O)[C@@H](Cl)C[C@]2(C)[C@@H]1C3. The van der Waals surface area contributed by atoms with Gasteiger partial charge in [0, 0.05) is 23.3 Å². The van der Waals surface area contributed by atoms with Gasteiger partial charge in [-0.3, -0.25) is 4.79 Å². The van der Waals surface area contributed by atoms with Gasteiger partial charge < -0.3 is 19.7 Å². The highest BCUT2D eigenvalue weighted by Gasteiger charge is 2.67. The molecule has 0 spiro atoms. The Bertz CT molecular complexity index is 1080. The lowest BCUT2D eigenvalue weighted by Crippen LogP contribution is -2.69. The van der Waals surface area contributed by atoms with E-state index in [9.17, 15) is 19.8 Å². The number of esters is 1. The molecule has 4 aliphatic rings. The van der Waals surface area contributed by atoms with Crippen molar-refractivity contribution in [2.45, 2.75) is 83.5 Å². The minimum absolute atomic E-state index is 0.0153. The zero-order chi connectivity index (χ0) is 24.2. The Kier molecular flexibility index (Phi) is 4.94. The van der Waals surface area contributed by atoms with Gasteiger partial charge in [0.05, 0.1) is 11.5 Å². The molecular formula is C25H30Cl2O6. The number of ketones is 1. The molecule has 5 rings (SSSR count). The Balaban J connectivity index is 1.71. The van der Waals surface area contributed by atoms with Crippen molar-refractivity contribution in [1.29, 1.82) is 0 Å². The Morgan fingerprint density at radius 2 is 1.73 bits per heavy atom. The standard InChI is InChI=1S/C25H30Cl2O6/c1-10-6-11-12-7-15-24(4)9-13(26)21(30)23(2,3)14(24)8-16(28)25(15,5)33-20(12)18(27)19(29)17(11)22(31)32-10/h10,13-16,28-29H,6-9H2,1-5H3/t10-,13+,14+,15+,16+,24+,25-/m1/s1. The first-order valence-corrected chi connectivity index (χ1v) is 12.4. The van der Waals surface area contributed by atoms with Crippen LogP contribution in [0.15, 0.2) is 0 Å². The summed E-state index contributed by atoms with van der Waals surface area (Å²) in [4.78, 5) is 25.6. The van der Waals surface area contributed by atoms with Crippen LogP contribution in [0.25, 0.3) is 0 Å². The van der Waals surface area contributed by atoms with E-state index in [4.69, 9.17) is 32.7 Å². The first-order chi connectivity index (χ1) is 15.2. The molecule has 0 unspecified atom stereocenters. The summed E-state index contributed by atoms with van der Waals surface area (Å²) in [5.74, 6) is -0.873. The number of carbonyl (C=O) groups excluding carboxylic acids is 2. The maximum absolute atomic E-state index is 13.0. The number of benzene rings is 1. The van der Waals surface area contributed by atoms with E-state index in [-0.39, 0.29) is 40.1 Å². The lowest BCUT2D eigenvalue weighted by molar-refractivity contribution is -0.211. The van der Waals surface area contributed by atoms with Gasteiger partial charge in [0.1, 0.15) is 28.0 Å². The number of alkyl halides is 1. The van der Waals surface area contributed by atoms with Crippen molar-refractivity contribution in [2.24, 2.45) is 22.7 Å². The van der Waals surface area contributed by atoms with Crippen LogP contribution >= 0.6 is 23.2 Å². The number of aliphatic hydroxyl groups is 1. The van der Waals surface area contributed by atoms with Crippen molar-refractivity contribution in [3.8, 4) is 11.5 Å². The van der Waals surface area contributed by atoms with Crippen LogP contribution in [0.2, 0.25) is 5.02 Å². The highest BCUT2D eigenvalue weighted by atomic mass is 35.5. The van der Waals surface area contributed by atoms with Gasteiger partial charge in [-0.25, -0.2) is 4.79 Å². The fraction of sp³-hybridized carbons (Fsp3) is 0.680. The van der Waals surface area contributed by atoms with Gasteiger partial charge in [-0.05, 0) is 50.0 Å². The number of cyclic esters (lactones) is 1. The molecule has 0 bridgehead atoms. The van der Waals surface area contributed by atoms with Crippen LogP contribution < -0.4 is 4.74 Å². The van der Waals surface area contributed by atoms with Gasteiger partial charge in [-0.15, -0.1) is 11.6 Å². The number of phenolic OH excluding ortho intramolecular Hbond substituents is 1. The third kappa shape index (κ3) is 2.90. The van der Waals surface area contributed by atoms with E-state index in [1.807, 2.05) is 27.7 Å². The minimum atomic E-state index is -0.990. The Morgan fingerprint density at radius 3 is 2.39 bits per heavy atom. The molecule has 8 heteroatoms. The summed E-state index contributed by atoms with van der Waals surface area (Å²) in [5.41, 5.74) is -0.521. The van der Waals surface area contributed by atoms with Gasteiger partial charge in [0.25, 0.3) is 0 Å². The first-order valence-electron chi connectivity index (χ1n) is 11.6. The van der Waals surface area contributed by atoms with Crippen LogP contribution in [0.3, 0.4) is 0 Å². The van der Waals surface area contributed by atoms with Crippen molar-refractivity contribution < 1.29 is 29.3 Å². The number of carbonyl (C=O) groups is 2. The van der Waals surface area contributed by atoms with Crippen molar-refractivity contribution in [1.82, 2.24) is 0 Å². The summed E-state index contributed by atoms with van der Waals surface area (Å²) in [7, 11) is 0. The van der Waals surface area contributed by atoms with Crippen molar-refractivity contribution >= 4 is 35.0 Å². The summed E-state index contributed by atoms with van der Waals surface area (Å²) in [6, 6.07) is 0. The summed E-state index contributed by atoms with van der Waals surface area (Å²) >= 11 is 13.1. The molecule has 2 N–H and O–H groups in total. The summed E-state index contributed by atoms with van der Waals surface area (Å²) in [5, 5.41) is 21.4. The molecule has 2 fully saturated rings. The summed E-state index contributed by atoms with van der Waals surface area (Å²) in [6.45, 7) is 9.68. The topological polar surface area (TPSA) is 93.1 Å². The number of aliphatic hydroxyl groups excluding tert-OH is 1. The first kappa shape index (κ1) is 23.3. The van der Waals surface area contributed by atoms with E-state index >= 15 is 0 Å². The molecule has 2 heterocycles. The molecule has 0 aromatic heterocycles. The summed E-state index contributed by atoms with van der Waals surface area (Å²) in [6.07, 6.45) is 0.629. The number of ether oxygens (including phenoxy) is 2. The molecule has 0 amide bonds. The van der Waals surface area contributed by atoms with E-state index in [1.165, 1.54) is 0 Å². The van der Waals surface area contributed by atoms with Gasteiger partial charge in [-0.1, -0.05) is 32.4 Å². The number of rotatable bonds is 0. The maximum atomic E-state index is 13.0. The van der Waals surface area contributed by atoms with E-state index < -0.39 is 33.9 Å². The average molecular weight is 497 g/mol. The average Bonchev–Trinajstić information content (AvgIpc) is 2.72. The zero-order valence-electron chi connectivity index (χ0n) is 19.5. The van der Waals surface area contributed by atoms with Gasteiger partial charge in [-0.2, -0.15) is 0 Å². The van der Waals surface area contributed by atoms with E-state index in [1.54, 1.807) is 0 Å². The fourth-order valence-corrected chi connectivity index (χ4v) is 8.29. The number of aromatic hydroxyl groups is 1. The molecule has 0 radical (unpaired) electrons. The van der Waals surface area contributed by atoms with Gasteiger partial charge >= 0.3 is 5.97 Å². The monoisotopic (exact) mass is 496 g/mol. The van der Waals surface area contributed by atoms with Crippen LogP contribution in [0.1, 0.15) is 68.9 Å². The number of fused-ring (bicyclic) bond motifs is 6. The van der Waals surface area contributed by atoms with E-state index in [0.717, 1.165) is 5.56 Å². The Morgan fingerprint density at radius 1 is 1.06 bits per heavy atom. The van der Waals surface area contributed by atoms with Gasteiger partial charge in [0.2, 0.25) is 0 Å². The third-order valence-corrected chi connectivity index (χ3v) is 9.84. The number of hydrogen-bond donors (Lipinski definition) is 2. The Labute approximate surface area is 203 Å². The molecule has 180 valence electrons. The van der Waals surface area contributed by atoms with E-state index in [2.05, 4.69) is 6.92 Å². The van der Waals surface area contributed by atoms with Crippen molar-refractivity contribution in [2.75, 3.05) is 0 Å². The number of halogens is 2. The van der Waals surface area contributed by atoms with Crippen molar-refractivity contribution in [3.63, 3.8) is 0 Å². The second-order valence-corrected chi connectivity index (χ2v) is 12.3. The summed E-state index contributed by atoms with van der Waals surface area (Å²) < 4.78 is 11.9. The highest BCUT2D eigenvalue weighted by Crippen LogP contribution is 2.65. The smallest absolute Gasteiger partial charge is 0.342 e. The maximum Gasteiger partial charge on any atom is 0.342 e. The predicted octanol–water partition coefficient (Wildman–Crippen LogP) is 4.45. The fourth-order valence-electron chi connectivity index (χ4n) is 7.43. The van der Waals surface area contributed by atoms with Crippen LogP contribution in [0.5, 0.6) is 11.5 Å². The normalized spacial score (nSPS) is 41.2. The van der Waals surface area contributed by atoms with Crippen LogP contribution in [-0.2, 0) is 22.4 Å². The lowest BCUT2D eigenvalue weighted by atomic mass is 9.43. The highest BCUT2D eigenvalue weighted by molar-refractivity contribution is 6.34. The molecule has 7 atom stereocenters. The molecule has 6 nitrogen and oxygen atoms in total. The van der Waals surface area contributed by atoms with Crippen LogP contribution in [0.4, 0.5) is 0 Å². The molecule has 1 aromatic carbocycles. The Hall–Kier alpha value is -1.50. The molecule has 2 aliphatic heterocycles. The minimum Gasteiger partial charge on any atom is -0.505 e. The largest absolute Gasteiger partial charge is 0.505 e. The second kappa shape index (κ2) is 7.02. The molecule has 2 aliphatic carbocycles. The van der Waals surface area contributed by atoms with Crippen LogP contribution in [0, 0.1) is 22.7 Å². The van der Waals surface area contributed by atoms with Gasteiger partial charge in [0.15, 0.2) is 11.5 Å². The molecule has 2 saturated carbocycles. The second-order valence-electron chi connectivity index (χ2n) is 11.4. The molecule has 1 aromatic rings. The third-order valence-electron chi connectivity index (χ3n) is 9.13. The quantitative estimate of drug-likeness (QED) is 0.407. The molecule has 0 saturated heterocycles. The van der Waals surface area contributed by atoms with Crippen LogP contribution in [-0.4, -0.2) is 45.2 Å². The lowest BCUT2D eigenvalue weighted by Gasteiger charge is -2.64. The number of hydrogen-bond acceptors (Lipinski definition) is 6. The number of phenols is 1. The molecule has 33 heavy (non-hydrogen) atoms. The molecular weight excluding hydrogens is 467 g/mol. The predicted molar refractivity (Wildman–Crippen MR) is 123 cm³/mol. The zero-order valence-corrected chi connectivity index (χ0v) is 21.0. The van der Waals surface area contributed by atoms with Crippen molar-refractivity contribution in [3.05, 3.63) is 21.7 Å². The number of Topliss-reactive ketones (excluding diaryl/α,β-unsaturated/α-hetero) is 1.